The molecule has 2 rings (SSSR count). The second-order valence-corrected chi connectivity index (χ2v) is 6.87. The molecule has 136 valence electrons. The first-order valence-electron chi connectivity index (χ1n) is 7.40. The van der Waals surface area contributed by atoms with E-state index in [0.29, 0.717) is 16.3 Å². The van der Waals surface area contributed by atoms with Crippen LogP contribution in [0.3, 0.4) is 0 Å². The van der Waals surface area contributed by atoms with Crippen molar-refractivity contribution in [3.63, 3.8) is 0 Å². The Morgan fingerprint density at radius 2 is 1.92 bits per heavy atom. The fraction of sp³-hybridized carbons (Fsp3) is 0.118. The van der Waals surface area contributed by atoms with Gasteiger partial charge in [0.05, 0.1) is 5.02 Å². The van der Waals surface area contributed by atoms with Gasteiger partial charge in [-0.2, -0.15) is 0 Å². The van der Waals surface area contributed by atoms with Crippen molar-refractivity contribution in [3.8, 4) is 5.75 Å². The summed E-state index contributed by atoms with van der Waals surface area (Å²) >= 11 is 14.2. The average molecular weight is 457 g/mol. The van der Waals surface area contributed by atoms with Gasteiger partial charge in [-0.05, 0) is 49.0 Å². The van der Waals surface area contributed by atoms with Crippen LogP contribution in [0.5, 0.6) is 5.75 Å². The van der Waals surface area contributed by atoms with Crippen LogP contribution in [0.15, 0.2) is 46.9 Å². The Bertz CT molecular complexity index is 848. The lowest BCUT2D eigenvalue weighted by Crippen LogP contribution is -2.49. The molecule has 2 amide bonds. The van der Waals surface area contributed by atoms with Gasteiger partial charge in [-0.25, -0.2) is 0 Å². The third-order valence-electron chi connectivity index (χ3n) is 3.18. The van der Waals surface area contributed by atoms with Crippen LogP contribution in [0.2, 0.25) is 5.02 Å². The van der Waals surface area contributed by atoms with Crippen molar-refractivity contribution in [1.82, 2.24) is 16.2 Å². The second-order valence-electron chi connectivity index (χ2n) is 5.13. The van der Waals surface area contributed by atoms with Gasteiger partial charge in [-0.3, -0.25) is 25.8 Å². The smallest absolute Gasteiger partial charge is 0.269 e. The van der Waals surface area contributed by atoms with Crippen molar-refractivity contribution in [2.45, 2.75) is 6.92 Å². The van der Waals surface area contributed by atoms with Crippen LogP contribution in [-0.4, -0.2) is 23.5 Å². The average Bonchev–Trinajstić information content (AvgIpc) is 2.59. The van der Waals surface area contributed by atoms with Crippen LogP contribution in [0, 0.1) is 6.92 Å². The molecule has 0 radical (unpaired) electrons. The van der Waals surface area contributed by atoms with Crippen LogP contribution in [0.25, 0.3) is 0 Å². The zero-order valence-electron chi connectivity index (χ0n) is 13.6. The summed E-state index contributed by atoms with van der Waals surface area (Å²) in [6.45, 7) is 1.54. The lowest BCUT2D eigenvalue weighted by Gasteiger charge is -2.12. The van der Waals surface area contributed by atoms with Crippen LogP contribution in [-0.2, 0) is 4.79 Å². The van der Waals surface area contributed by atoms with Gasteiger partial charge in [0.1, 0.15) is 5.75 Å². The minimum Gasteiger partial charge on any atom is -0.482 e. The summed E-state index contributed by atoms with van der Waals surface area (Å²) in [4.78, 5) is 23.9. The molecule has 0 spiro atoms. The summed E-state index contributed by atoms with van der Waals surface area (Å²) < 4.78 is 6.13. The van der Waals surface area contributed by atoms with Crippen molar-refractivity contribution in [2.75, 3.05) is 6.61 Å². The molecule has 0 heterocycles. The summed E-state index contributed by atoms with van der Waals surface area (Å²) in [6.07, 6.45) is 0. The number of hydrazine groups is 1. The first-order valence-corrected chi connectivity index (χ1v) is 8.98. The number of carbonyl (C=O) groups is 2. The number of amides is 2. The third kappa shape index (κ3) is 5.98. The lowest BCUT2D eigenvalue weighted by molar-refractivity contribution is -0.121. The number of nitrogens with one attached hydrogen (secondary N) is 3. The van der Waals surface area contributed by atoms with Crippen molar-refractivity contribution < 1.29 is 14.3 Å². The summed E-state index contributed by atoms with van der Waals surface area (Å²) in [5, 5.41) is 2.71. The maximum Gasteiger partial charge on any atom is 0.269 e. The molecule has 0 saturated carbocycles. The van der Waals surface area contributed by atoms with Crippen LogP contribution >= 0.6 is 39.7 Å². The zero-order chi connectivity index (χ0) is 19.1. The Labute approximate surface area is 169 Å². The monoisotopic (exact) mass is 455 g/mol. The molecule has 6 nitrogen and oxygen atoms in total. The number of aryl methyl sites for hydroxylation is 1. The van der Waals surface area contributed by atoms with E-state index >= 15 is 0 Å². The van der Waals surface area contributed by atoms with Gasteiger partial charge < -0.3 is 4.74 Å². The molecule has 0 bridgehead atoms. The number of thiocarbonyl (C=S) groups is 1. The summed E-state index contributed by atoms with van der Waals surface area (Å²) in [7, 11) is 0. The normalized spacial score (nSPS) is 9.96. The van der Waals surface area contributed by atoms with Crippen LogP contribution in [0.1, 0.15) is 15.9 Å². The van der Waals surface area contributed by atoms with Gasteiger partial charge in [0, 0.05) is 10.0 Å². The number of ether oxygens (including phenoxy) is 1. The third-order valence-corrected chi connectivity index (χ3v) is 4.18. The highest BCUT2D eigenvalue weighted by molar-refractivity contribution is 9.10. The van der Waals surface area contributed by atoms with E-state index in [0.717, 1.165) is 10.0 Å². The molecule has 0 atom stereocenters. The molecule has 0 aliphatic rings. The minimum absolute atomic E-state index is 0.0533. The predicted molar refractivity (Wildman–Crippen MR) is 107 cm³/mol. The molecule has 0 fully saturated rings. The molecule has 2 aromatic carbocycles. The Kier molecular flexibility index (Phi) is 7.38. The van der Waals surface area contributed by atoms with Crippen molar-refractivity contribution >= 4 is 56.7 Å². The van der Waals surface area contributed by atoms with Gasteiger partial charge in [0.25, 0.3) is 11.8 Å². The van der Waals surface area contributed by atoms with Gasteiger partial charge in [-0.1, -0.05) is 45.7 Å². The first kappa shape index (κ1) is 20.2. The summed E-state index contributed by atoms with van der Waals surface area (Å²) in [5.41, 5.74) is 6.21. The highest BCUT2D eigenvalue weighted by atomic mass is 79.9. The summed E-state index contributed by atoms with van der Waals surface area (Å²) in [5.74, 6) is -0.485. The topological polar surface area (TPSA) is 79.5 Å². The van der Waals surface area contributed by atoms with Gasteiger partial charge in [-0.15, -0.1) is 0 Å². The molecular weight excluding hydrogens is 442 g/mol. The Morgan fingerprint density at radius 1 is 1.19 bits per heavy atom. The second kappa shape index (κ2) is 9.51. The Hall–Kier alpha value is -2.16. The van der Waals surface area contributed by atoms with Gasteiger partial charge in [0.2, 0.25) is 0 Å². The van der Waals surface area contributed by atoms with E-state index in [4.69, 9.17) is 28.6 Å². The highest BCUT2D eigenvalue weighted by Crippen LogP contribution is 2.27. The number of carbonyl (C=O) groups excluding carboxylic acids is 2. The van der Waals surface area contributed by atoms with E-state index in [9.17, 15) is 9.59 Å². The molecule has 0 saturated heterocycles. The quantitative estimate of drug-likeness (QED) is 0.487. The largest absolute Gasteiger partial charge is 0.482 e. The summed E-state index contributed by atoms with van der Waals surface area (Å²) in [6, 6.07) is 12.1. The van der Waals surface area contributed by atoms with E-state index < -0.39 is 5.91 Å². The van der Waals surface area contributed by atoms with Crippen molar-refractivity contribution in [1.29, 1.82) is 0 Å². The SMILES string of the molecule is Cc1ccccc1C(=O)NNC(=S)NC(=O)COc1ccc(Br)cc1Cl. The van der Waals surface area contributed by atoms with E-state index in [1.54, 1.807) is 30.3 Å². The molecular formula is C17H15BrClN3O3S. The molecule has 2 aromatic rings. The molecule has 0 unspecified atom stereocenters. The zero-order valence-corrected chi connectivity index (χ0v) is 16.8. The van der Waals surface area contributed by atoms with Crippen LogP contribution in [0.4, 0.5) is 0 Å². The van der Waals surface area contributed by atoms with Crippen molar-refractivity contribution in [3.05, 3.63) is 63.1 Å². The first-order chi connectivity index (χ1) is 12.4. The number of hydrogen-bond donors (Lipinski definition) is 3. The number of rotatable bonds is 4. The Morgan fingerprint density at radius 3 is 2.62 bits per heavy atom. The predicted octanol–water partition coefficient (Wildman–Crippen LogP) is 3.13. The van der Waals surface area contributed by atoms with Gasteiger partial charge >= 0.3 is 0 Å². The fourth-order valence-corrected chi connectivity index (χ4v) is 2.83. The van der Waals surface area contributed by atoms with Crippen molar-refractivity contribution in [2.24, 2.45) is 0 Å². The molecule has 3 N–H and O–H groups in total. The molecule has 26 heavy (non-hydrogen) atoms. The molecule has 0 aliphatic carbocycles. The maximum atomic E-state index is 12.0. The lowest BCUT2D eigenvalue weighted by atomic mass is 10.1. The molecule has 0 aromatic heterocycles. The number of benzene rings is 2. The van der Waals surface area contributed by atoms with E-state index in [1.807, 2.05) is 19.1 Å². The van der Waals surface area contributed by atoms with Gasteiger partial charge in [0.15, 0.2) is 11.7 Å². The minimum atomic E-state index is -0.494. The molecule has 9 heteroatoms. The highest BCUT2D eigenvalue weighted by Gasteiger charge is 2.10. The fourth-order valence-electron chi connectivity index (χ4n) is 1.94. The number of hydrogen-bond acceptors (Lipinski definition) is 4. The standard InChI is InChI=1S/C17H15BrClN3O3S/c1-10-4-2-3-5-12(10)16(24)21-22-17(26)20-15(23)9-25-14-7-6-11(18)8-13(14)19/h2-8H,9H2,1H3,(H,21,24)(H2,20,22,23,26). The van der Waals surface area contributed by atoms with Crippen LogP contribution < -0.4 is 20.9 Å². The Balaban J connectivity index is 1.77. The van der Waals surface area contributed by atoms with E-state index in [-0.39, 0.29) is 17.6 Å². The molecule has 0 aliphatic heterocycles. The van der Waals surface area contributed by atoms with E-state index in [1.165, 1.54) is 0 Å². The number of halogens is 2. The van der Waals surface area contributed by atoms with E-state index in [2.05, 4.69) is 32.1 Å². The maximum absolute atomic E-state index is 12.0.